The van der Waals surface area contributed by atoms with Crippen molar-refractivity contribution < 1.29 is 14.2 Å². The average Bonchev–Trinajstić information content (AvgIpc) is 3.40. The molecule has 202 valence electrons. The Morgan fingerprint density at radius 3 is 2.46 bits per heavy atom. The fraction of sp³-hybridized carbons (Fsp3) is 0.400. The zero-order valence-corrected chi connectivity index (χ0v) is 22.9. The second-order valence-corrected chi connectivity index (χ2v) is 11.2. The molecule has 0 spiro atoms. The van der Waals surface area contributed by atoms with Crippen LogP contribution in [-0.4, -0.2) is 47.8 Å². The molecule has 0 saturated carbocycles. The van der Waals surface area contributed by atoms with E-state index in [0.29, 0.717) is 46.6 Å². The predicted octanol–water partition coefficient (Wildman–Crippen LogP) is 5.38. The van der Waals surface area contributed by atoms with Crippen LogP contribution in [0.15, 0.2) is 42.7 Å². The molecule has 0 unspecified atom stereocenters. The number of nitrogens with zero attached hydrogens (tertiary/aromatic N) is 6. The van der Waals surface area contributed by atoms with Gasteiger partial charge in [0.2, 0.25) is 0 Å². The maximum Gasteiger partial charge on any atom is 0.133 e. The van der Waals surface area contributed by atoms with Gasteiger partial charge < -0.3 is 14.4 Å². The minimum atomic E-state index is -1.09. The lowest BCUT2D eigenvalue weighted by Crippen LogP contribution is -2.27. The SMILES string of the molecule is Cc1ccc([C@H](C2CCOCC2)n2c3cc(-c4c(C)nnn4C)c(F)cc3c3ncc(C(C)(C)O)cc32)nc1. The molecule has 8 nitrogen and oxygen atoms in total. The van der Waals surface area contributed by atoms with E-state index < -0.39 is 5.60 Å². The summed E-state index contributed by atoms with van der Waals surface area (Å²) < 4.78 is 25.4. The zero-order valence-electron chi connectivity index (χ0n) is 22.9. The summed E-state index contributed by atoms with van der Waals surface area (Å²) in [6.45, 7) is 8.71. The number of halogens is 1. The minimum absolute atomic E-state index is 0.141. The van der Waals surface area contributed by atoms with Gasteiger partial charge >= 0.3 is 0 Å². The van der Waals surface area contributed by atoms with Crippen molar-refractivity contribution in [3.8, 4) is 11.3 Å². The van der Waals surface area contributed by atoms with Gasteiger partial charge in [0, 0.05) is 49.2 Å². The lowest BCUT2D eigenvalue weighted by molar-refractivity contribution is 0.0547. The molecule has 1 atom stereocenters. The van der Waals surface area contributed by atoms with Gasteiger partial charge in [-0.3, -0.25) is 9.97 Å². The van der Waals surface area contributed by atoms with Crippen molar-refractivity contribution >= 4 is 21.9 Å². The number of aromatic nitrogens is 6. The Morgan fingerprint density at radius 1 is 1.05 bits per heavy atom. The fourth-order valence-electron chi connectivity index (χ4n) is 5.84. The van der Waals surface area contributed by atoms with E-state index in [1.165, 1.54) is 0 Å². The minimum Gasteiger partial charge on any atom is -0.386 e. The largest absolute Gasteiger partial charge is 0.386 e. The van der Waals surface area contributed by atoms with E-state index in [2.05, 4.69) is 27.0 Å². The number of rotatable bonds is 5. The van der Waals surface area contributed by atoms with Gasteiger partial charge in [0.25, 0.3) is 0 Å². The summed E-state index contributed by atoms with van der Waals surface area (Å²) in [5.74, 6) is -0.119. The Kier molecular flexibility index (Phi) is 6.23. The summed E-state index contributed by atoms with van der Waals surface area (Å²) >= 11 is 0. The second-order valence-electron chi connectivity index (χ2n) is 11.2. The van der Waals surface area contributed by atoms with Crippen LogP contribution in [0, 0.1) is 25.6 Å². The van der Waals surface area contributed by atoms with Crippen molar-refractivity contribution in [1.82, 2.24) is 29.5 Å². The Labute approximate surface area is 226 Å². The van der Waals surface area contributed by atoms with Crippen LogP contribution >= 0.6 is 0 Å². The van der Waals surface area contributed by atoms with E-state index >= 15 is 4.39 Å². The standard InChI is InChI=1S/C30H33FN6O2/c1-17-6-7-24(32-15-17)29(19-8-10-39-11-9-19)37-25-14-21(28-18(2)34-35-36(28)5)23(31)13-22(25)27-26(37)12-20(16-33-27)30(3,4)38/h6-7,12-16,19,29,38H,8-11H2,1-5H3/t29-/m0/s1. The van der Waals surface area contributed by atoms with Crippen molar-refractivity contribution in [2.24, 2.45) is 13.0 Å². The third-order valence-corrected chi connectivity index (χ3v) is 7.91. The molecule has 9 heteroatoms. The molecule has 39 heavy (non-hydrogen) atoms. The highest BCUT2D eigenvalue weighted by Crippen LogP contribution is 2.42. The van der Waals surface area contributed by atoms with Crippen LogP contribution < -0.4 is 0 Å². The third-order valence-electron chi connectivity index (χ3n) is 7.91. The van der Waals surface area contributed by atoms with Crippen LogP contribution in [-0.2, 0) is 17.4 Å². The summed E-state index contributed by atoms with van der Waals surface area (Å²) in [5.41, 5.74) is 5.71. The lowest BCUT2D eigenvalue weighted by Gasteiger charge is -2.32. The topological polar surface area (TPSA) is 90.9 Å². The quantitative estimate of drug-likeness (QED) is 0.329. The van der Waals surface area contributed by atoms with Gasteiger partial charge in [0.05, 0.1) is 45.3 Å². The van der Waals surface area contributed by atoms with E-state index in [0.717, 1.165) is 35.1 Å². The molecular weight excluding hydrogens is 495 g/mol. The van der Waals surface area contributed by atoms with Gasteiger partial charge in [-0.25, -0.2) is 9.07 Å². The van der Waals surface area contributed by atoms with Crippen LogP contribution in [0.2, 0.25) is 0 Å². The maximum atomic E-state index is 15.8. The fourth-order valence-corrected chi connectivity index (χ4v) is 5.84. The van der Waals surface area contributed by atoms with Gasteiger partial charge in [-0.05, 0) is 76.3 Å². The van der Waals surface area contributed by atoms with Crippen molar-refractivity contribution in [1.29, 1.82) is 0 Å². The number of fused-ring (bicyclic) bond motifs is 3. The number of ether oxygens (including phenoxy) is 1. The molecule has 4 aromatic heterocycles. The first kappa shape index (κ1) is 25.6. The van der Waals surface area contributed by atoms with E-state index in [9.17, 15) is 5.11 Å². The van der Waals surface area contributed by atoms with Gasteiger partial charge in [-0.2, -0.15) is 0 Å². The predicted molar refractivity (Wildman–Crippen MR) is 148 cm³/mol. The number of aliphatic hydroxyl groups is 1. The molecule has 0 radical (unpaired) electrons. The monoisotopic (exact) mass is 528 g/mol. The third kappa shape index (κ3) is 4.39. The van der Waals surface area contributed by atoms with E-state index in [-0.39, 0.29) is 17.8 Å². The van der Waals surface area contributed by atoms with Crippen molar-refractivity contribution in [3.05, 3.63) is 71.1 Å². The van der Waals surface area contributed by atoms with Crippen LogP contribution in [0.1, 0.15) is 55.2 Å². The van der Waals surface area contributed by atoms with E-state index in [1.807, 2.05) is 32.2 Å². The zero-order chi connectivity index (χ0) is 27.5. The Morgan fingerprint density at radius 2 is 1.82 bits per heavy atom. The van der Waals surface area contributed by atoms with Gasteiger partial charge in [0.1, 0.15) is 5.82 Å². The number of hydrogen-bond acceptors (Lipinski definition) is 6. The molecule has 6 rings (SSSR count). The molecule has 0 bridgehead atoms. The van der Waals surface area contributed by atoms with Crippen LogP contribution in [0.5, 0.6) is 0 Å². The van der Waals surface area contributed by atoms with Gasteiger partial charge in [-0.1, -0.05) is 11.3 Å². The normalized spacial score (nSPS) is 15.9. The van der Waals surface area contributed by atoms with Gasteiger partial charge in [0.15, 0.2) is 0 Å². The average molecular weight is 529 g/mol. The molecule has 1 aliphatic heterocycles. The molecule has 1 aliphatic rings. The molecule has 1 saturated heterocycles. The second kappa shape index (κ2) is 9.50. The summed E-state index contributed by atoms with van der Waals surface area (Å²) in [4.78, 5) is 9.66. The van der Waals surface area contributed by atoms with Crippen LogP contribution in [0.25, 0.3) is 33.2 Å². The molecule has 0 aliphatic carbocycles. The highest BCUT2D eigenvalue weighted by molar-refractivity contribution is 6.07. The smallest absolute Gasteiger partial charge is 0.133 e. The highest BCUT2D eigenvalue weighted by atomic mass is 19.1. The molecular formula is C30H33FN6O2. The molecule has 5 aromatic rings. The summed E-state index contributed by atoms with van der Waals surface area (Å²) in [5, 5.41) is 19.9. The van der Waals surface area contributed by atoms with Crippen LogP contribution in [0.3, 0.4) is 0 Å². The van der Waals surface area contributed by atoms with Crippen molar-refractivity contribution in [2.45, 2.75) is 52.2 Å². The summed E-state index contributed by atoms with van der Waals surface area (Å²) in [6.07, 6.45) is 5.32. The van der Waals surface area contributed by atoms with E-state index in [4.69, 9.17) is 14.7 Å². The Bertz CT molecular complexity index is 1660. The summed E-state index contributed by atoms with van der Waals surface area (Å²) in [7, 11) is 1.77. The van der Waals surface area contributed by atoms with Crippen molar-refractivity contribution in [2.75, 3.05) is 13.2 Å². The molecule has 0 amide bonds. The number of pyridine rings is 2. The Hall–Kier alpha value is -3.69. The first-order chi connectivity index (χ1) is 18.6. The van der Waals surface area contributed by atoms with E-state index in [1.54, 1.807) is 37.8 Å². The van der Waals surface area contributed by atoms with Gasteiger partial charge in [-0.15, -0.1) is 5.10 Å². The molecule has 1 N–H and O–H groups in total. The summed E-state index contributed by atoms with van der Waals surface area (Å²) in [6, 6.07) is 9.46. The number of benzene rings is 1. The highest BCUT2D eigenvalue weighted by Gasteiger charge is 2.32. The first-order valence-electron chi connectivity index (χ1n) is 13.4. The lowest BCUT2D eigenvalue weighted by atomic mass is 9.88. The first-order valence-corrected chi connectivity index (χ1v) is 13.4. The molecule has 1 fully saturated rings. The van der Waals surface area contributed by atoms with Crippen molar-refractivity contribution in [3.63, 3.8) is 0 Å². The Balaban J connectivity index is 1.72. The molecule has 5 heterocycles. The number of aryl methyl sites for hydroxylation is 3. The number of hydrogen-bond donors (Lipinski definition) is 1. The van der Waals surface area contributed by atoms with Crippen LogP contribution in [0.4, 0.5) is 4.39 Å². The maximum absolute atomic E-state index is 15.8. The molecule has 1 aromatic carbocycles.